The second kappa shape index (κ2) is 9.45. The average Bonchev–Trinajstić information content (AvgIpc) is 3.52. The van der Waals surface area contributed by atoms with Gasteiger partial charge in [-0.3, -0.25) is 0 Å². The first-order chi connectivity index (χ1) is 18.2. The highest BCUT2D eigenvalue weighted by molar-refractivity contribution is 7.08. The van der Waals surface area contributed by atoms with Gasteiger partial charge in [0, 0.05) is 10.0 Å². The summed E-state index contributed by atoms with van der Waals surface area (Å²) in [5, 5.41) is 10.1. The number of fused-ring (bicyclic) bond motifs is 2. The van der Waals surface area contributed by atoms with Crippen LogP contribution in [0.2, 0.25) is 10.0 Å². The molecule has 0 aliphatic heterocycles. The van der Waals surface area contributed by atoms with E-state index in [2.05, 4.69) is 0 Å². The summed E-state index contributed by atoms with van der Waals surface area (Å²) in [5.74, 6) is -27.2. The summed E-state index contributed by atoms with van der Waals surface area (Å²) >= 11 is 12.5. The van der Waals surface area contributed by atoms with E-state index in [1.54, 1.807) is 0 Å². The second-order valence-electron chi connectivity index (χ2n) is 9.57. The lowest BCUT2D eigenvalue weighted by atomic mass is 9.28. The lowest BCUT2D eigenvalue weighted by molar-refractivity contribution is 0.378. The van der Waals surface area contributed by atoms with Crippen molar-refractivity contribution in [2.24, 2.45) is 11.8 Å². The van der Waals surface area contributed by atoms with Crippen molar-refractivity contribution in [1.82, 2.24) is 0 Å². The van der Waals surface area contributed by atoms with Crippen LogP contribution in [0.3, 0.4) is 0 Å². The molecule has 2 bridgehead atoms. The van der Waals surface area contributed by atoms with Crippen molar-refractivity contribution in [2.75, 3.05) is 0 Å². The van der Waals surface area contributed by atoms with Crippen molar-refractivity contribution in [2.45, 2.75) is 18.8 Å². The van der Waals surface area contributed by atoms with Crippen molar-refractivity contribution in [3.05, 3.63) is 98.1 Å². The molecule has 1 N–H and O–H groups in total. The Kier molecular flexibility index (Phi) is 6.75. The van der Waals surface area contributed by atoms with E-state index in [-0.39, 0.29) is 17.8 Å². The number of hydrogen-bond donors (Lipinski definition) is 1. The lowest BCUT2D eigenvalue weighted by Gasteiger charge is -2.40. The second-order valence-corrected chi connectivity index (χ2v) is 10.4. The first-order valence-corrected chi connectivity index (χ1v) is 12.1. The zero-order chi connectivity index (χ0) is 28.7. The molecule has 3 aromatic rings. The Morgan fingerprint density at radius 3 is 1.28 bits per heavy atom. The number of benzene rings is 3. The van der Waals surface area contributed by atoms with Crippen LogP contribution in [-0.2, 0) is 0 Å². The van der Waals surface area contributed by atoms with Crippen LogP contribution in [0.15, 0.2) is 24.3 Å². The van der Waals surface area contributed by atoms with E-state index in [0.717, 1.165) is 18.6 Å². The number of hydrogen-bond acceptors (Lipinski definition) is 1. The van der Waals surface area contributed by atoms with Crippen molar-refractivity contribution >= 4 is 45.9 Å². The molecule has 2 aliphatic carbocycles. The van der Waals surface area contributed by atoms with E-state index >= 15 is 17.6 Å². The molecule has 0 aromatic heterocycles. The molecule has 14 heteroatoms. The third-order valence-corrected chi connectivity index (χ3v) is 8.17. The Morgan fingerprint density at radius 2 is 0.949 bits per heavy atom. The highest BCUT2D eigenvalue weighted by atomic mass is 35.5. The molecule has 1 saturated carbocycles. The molecular formula is C25H12BCl2F10O-. The van der Waals surface area contributed by atoms with E-state index in [0.29, 0.717) is 12.0 Å². The van der Waals surface area contributed by atoms with Crippen LogP contribution in [0.4, 0.5) is 43.9 Å². The van der Waals surface area contributed by atoms with Gasteiger partial charge >= 0.3 is 0 Å². The monoisotopic (exact) mass is 599 g/mol. The first kappa shape index (κ1) is 27.9. The number of rotatable bonds is 4. The molecule has 39 heavy (non-hydrogen) atoms. The lowest BCUT2D eigenvalue weighted by Crippen LogP contribution is -2.72. The molecule has 3 aromatic carbocycles. The maximum absolute atomic E-state index is 15.0. The fourth-order valence-corrected chi connectivity index (χ4v) is 6.61. The Hall–Kier alpha value is -2.70. The molecule has 0 spiro atoms. The first-order valence-electron chi connectivity index (χ1n) is 11.3. The summed E-state index contributed by atoms with van der Waals surface area (Å²) in [6.45, 7) is 0. The molecule has 0 amide bonds. The third kappa shape index (κ3) is 3.89. The van der Waals surface area contributed by atoms with Crippen LogP contribution in [0.25, 0.3) is 0 Å². The van der Waals surface area contributed by atoms with Crippen LogP contribution >= 0.6 is 23.2 Å². The van der Waals surface area contributed by atoms with Gasteiger partial charge in [0.05, 0.1) is 0 Å². The predicted octanol–water partition coefficient (Wildman–Crippen LogP) is 6.02. The van der Waals surface area contributed by atoms with Gasteiger partial charge in [-0.2, -0.15) is 0 Å². The van der Waals surface area contributed by atoms with Gasteiger partial charge in [-0.05, 0) is 48.3 Å². The van der Waals surface area contributed by atoms with Crippen LogP contribution in [-0.4, -0.2) is 11.4 Å². The summed E-state index contributed by atoms with van der Waals surface area (Å²) in [4.78, 5) is 0. The predicted molar refractivity (Wildman–Crippen MR) is 124 cm³/mol. The Labute approximate surface area is 223 Å². The minimum absolute atomic E-state index is 0.0303. The molecule has 0 radical (unpaired) electrons. The van der Waals surface area contributed by atoms with E-state index in [1.165, 1.54) is 0 Å². The topological polar surface area (TPSA) is 20.2 Å². The van der Waals surface area contributed by atoms with Crippen molar-refractivity contribution in [1.29, 1.82) is 0 Å². The Bertz CT molecular complexity index is 1440. The van der Waals surface area contributed by atoms with Gasteiger partial charge < -0.3 is 5.02 Å². The molecule has 0 saturated heterocycles. The van der Waals surface area contributed by atoms with Gasteiger partial charge in [-0.1, -0.05) is 46.3 Å². The Balaban J connectivity index is 1.89. The van der Waals surface area contributed by atoms with Gasteiger partial charge in [0.15, 0.2) is 34.9 Å². The van der Waals surface area contributed by atoms with Gasteiger partial charge in [0.25, 0.3) is 0 Å². The molecule has 1 fully saturated rings. The molecule has 1 nitrogen and oxygen atoms in total. The molecule has 3 atom stereocenters. The number of halogens is 12. The van der Waals surface area contributed by atoms with Crippen LogP contribution in [0.1, 0.15) is 24.3 Å². The van der Waals surface area contributed by atoms with E-state index in [1.807, 2.05) is 12.2 Å². The summed E-state index contributed by atoms with van der Waals surface area (Å²) < 4.78 is 145. The standard InChI is InChI=1S/C25H12BCl2F10O/c27-11-5-9(10-4-7-1-2-8(10)3-7)6-12(28)13(11)26(39,14-16(29)20(33)24(37)21(34)17(14)30)15-18(31)22(35)25(38)23(36)19(15)32/h1-2,5-8,10,39H,3-4H2/q-1/t7-,8+,10+/m1/s1. The summed E-state index contributed by atoms with van der Waals surface area (Å²) in [6.07, 6.45) is 0.0462. The largest absolute Gasteiger partial charge is 0.594 e. The molecular weight excluding hydrogens is 588 g/mol. The van der Waals surface area contributed by atoms with E-state index in [9.17, 15) is 31.4 Å². The minimum atomic E-state index is -5.28. The molecule has 0 unspecified atom stereocenters. The smallest absolute Gasteiger partial charge is 0.211 e. The summed E-state index contributed by atoms with van der Waals surface area (Å²) in [6, 6.07) is 2.18. The van der Waals surface area contributed by atoms with Crippen molar-refractivity contribution < 1.29 is 48.9 Å². The number of allylic oxidation sites excluding steroid dienone is 2. The fourth-order valence-electron chi connectivity index (χ4n) is 5.79. The normalized spacial score (nSPS) is 20.4. The summed E-state index contributed by atoms with van der Waals surface area (Å²) in [7, 11) is 0. The third-order valence-electron chi connectivity index (χ3n) is 7.55. The van der Waals surface area contributed by atoms with E-state index < -0.39 is 91.0 Å². The maximum atomic E-state index is 15.0. The zero-order valence-corrected chi connectivity index (χ0v) is 20.5. The van der Waals surface area contributed by atoms with Gasteiger partial charge in [-0.25, -0.2) is 43.9 Å². The maximum Gasteiger partial charge on any atom is 0.211 e. The van der Waals surface area contributed by atoms with Crippen LogP contribution in [0, 0.1) is 70.0 Å². The van der Waals surface area contributed by atoms with E-state index in [4.69, 9.17) is 23.2 Å². The minimum Gasteiger partial charge on any atom is -0.594 e. The molecule has 0 heterocycles. The van der Waals surface area contributed by atoms with Crippen LogP contribution in [0.5, 0.6) is 0 Å². The molecule has 5 rings (SSSR count). The fraction of sp³-hybridized carbons (Fsp3) is 0.200. The molecule has 206 valence electrons. The van der Waals surface area contributed by atoms with Gasteiger partial charge in [0.2, 0.25) is 6.35 Å². The summed E-state index contributed by atoms with van der Waals surface area (Å²) in [5.41, 5.74) is -5.41. The molecule has 2 aliphatic rings. The van der Waals surface area contributed by atoms with Crippen LogP contribution < -0.4 is 16.4 Å². The van der Waals surface area contributed by atoms with Crippen molar-refractivity contribution in [3.8, 4) is 0 Å². The average molecular weight is 600 g/mol. The van der Waals surface area contributed by atoms with Gasteiger partial charge in [0.1, 0.15) is 23.3 Å². The quantitative estimate of drug-likeness (QED) is 0.128. The Morgan fingerprint density at radius 1 is 0.564 bits per heavy atom. The van der Waals surface area contributed by atoms with Gasteiger partial charge in [-0.15, -0.1) is 5.46 Å². The van der Waals surface area contributed by atoms with Crippen molar-refractivity contribution in [3.63, 3.8) is 0 Å². The highest BCUT2D eigenvalue weighted by Gasteiger charge is 2.45. The SMILES string of the molecule is O[B-](c1c(Cl)cc([C@H]2C[C@@H]3C=C[C@H]2C3)cc1Cl)(c1c(F)c(F)c(F)c(F)c1F)c1c(F)c(F)c(F)c(F)c1F. The zero-order valence-electron chi connectivity index (χ0n) is 19.0. The highest BCUT2D eigenvalue weighted by Crippen LogP contribution is 2.49.